The molecule has 0 bridgehead atoms. The quantitative estimate of drug-likeness (QED) is 0.742. The Kier molecular flexibility index (Phi) is 5.90. The third kappa shape index (κ3) is 4.68. The summed E-state index contributed by atoms with van der Waals surface area (Å²) in [5, 5.41) is 3.62. The van der Waals surface area contributed by atoms with E-state index in [1.165, 1.54) is 37.7 Å². The predicted molar refractivity (Wildman–Crippen MR) is 84.0 cm³/mol. The average Bonchev–Trinajstić information content (AvgIpc) is 2.47. The van der Waals surface area contributed by atoms with E-state index in [1.807, 2.05) is 6.08 Å². The van der Waals surface area contributed by atoms with Crippen molar-refractivity contribution in [2.24, 2.45) is 5.92 Å². The Labute approximate surface area is 117 Å². The Balaban J connectivity index is 1.85. The van der Waals surface area contributed by atoms with Crippen molar-refractivity contribution in [1.82, 2.24) is 5.32 Å². The standard InChI is InChI=1S/C18H25N/c1-2-15-19-18-14-7-6-12-17(18)13-8-11-16-9-4-3-5-10-16/h2-5,8-11,17-19H,1,6-7,12-15H2/b11-8+/t17-,18-/m0/s1. The normalized spacial score (nSPS) is 23.6. The molecule has 0 saturated heterocycles. The summed E-state index contributed by atoms with van der Waals surface area (Å²) in [6.45, 7) is 4.73. The lowest BCUT2D eigenvalue weighted by atomic mass is 9.82. The van der Waals surface area contributed by atoms with E-state index in [-0.39, 0.29) is 0 Å². The van der Waals surface area contributed by atoms with Crippen molar-refractivity contribution in [3.63, 3.8) is 0 Å². The number of benzene rings is 1. The van der Waals surface area contributed by atoms with Gasteiger partial charge < -0.3 is 5.32 Å². The summed E-state index contributed by atoms with van der Waals surface area (Å²) in [7, 11) is 0. The van der Waals surface area contributed by atoms with Gasteiger partial charge in [-0.3, -0.25) is 0 Å². The maximum atomic E-state index is 3.80. The third-order valence-electron chi connectivity index (χ3n) is 3.98. The Hall–Kier alpha value is -1.34. The van der Waals surface area contributed by atoms with Crippen LogP contribution in [-0.4, -0.2) is 12.6 Å². The minimum Gasteiger partial charge on any atom is -0.310 e. The van der Waals surface area contributed by atoms with Gasteiger partial charge in [-0.2, -0.15) is 0 Å². The first-order valence-electron chi connectivity index (χ1n) is 7.46. The van der Waals surface area contributed by atoms with Gasteiger partial charge in [-0.1, -0.05) is 61.4 Å². The second kappa shape index (κ2) is 7.96. The van der Waals surface area contributed by atoms with Gasteiger partial charge in [0.1, 0.15) is 0 Å². The van der Waals surface area contributed by atoms with Gasteiger partial charge in [0, 0.05) is 12.6 Å². The highest BCUT2D eigenvalue weighted by Crippen LogP contribution is 2.27. The van der Waals surface area contributed by atoms with Gasteiger partial charge >= 0.3 is 0 Å². The summed E-state index contributed by atoms with van der Waals surface area (Å²) < 4.78 is 0. The highest BCUT2D eigenvalue weighted by Gasteiger charge is 2.22. The number of hydrogen-bond donors (Lipinski definition) is 1. The first-order chi connectivity index (χ1) is 9.40. The minimum atomic E-state index is 0.673. The highest BCUT2D eigenvalue weighted by atomic mass is 14.9. The molecule has 2 rings (SSSR count). The smallest absolute Gasteiger partial charge is 0.0134 e. The molecule has 0 unspecified atom stereocenters. The molecule has 0 radical (unpaired) electrons. The largest absolute Gasteiger partial charge is 0.310 e. The topological polar surface area (TPSA) is 12.0 Å². The lowest BCUT2D eigenvalue weighted by Gasteiger charge is -2.31. The van der Waals surface area contributed by atoms with Gasteiger partial charge in [0.2, 0.25) is 0 Å². The fourth-order valence-corrected chi connectivity index (χ4v) is 2.94. The van der Waals surface area contributed by atoms with E-state index < -0.39 is 0 Å². The Morgan fingerprint density at radius 2 is 1.95 bits per heavy atom. The van der Waals surface area contributed by atoms with Crippen LogP contribution in [-0.2, 0) is 0 Å². The van der Waals surface area contributed by atoms with E-state index >= 15 is 0 Å². The molecule has 102 valence electrons. The monoisotopic (exact) mass is 255 g/mol. The van der Waals surface area contributed by atoms with E-state index in [4.69, 9.17) is 0 Å². The lowest BCUT2D eigenvalue weighted by molar-refractivity contribution is 0.270. The molecule has 1 aliphatic carbocycles. The first-order valence-corrected chi connectivity index (χ1v) is 7.46. The number of allylic oxidation sites excluding steroid dienone is 1. The summed E-state index contributed by atoms with van der Waals surface area (Å²) in [6.07, 6.45) is 13.2. The van der Waals surface area contributed by atoms with Crippen molar-refractivity contribution < 1.29 is 0 Å². The molecule has 1 saturated carbocycles. The summed E-state index contributed by atoms with van der Waals surface area (Å²) in [4.78, 5) is 0. The summed E-state index contributed by atoms with van der Waals surface area (Å²) in [6, 6.07) is 11.2. The van der Waals surface area contributed by atoms with E-state index in [1.54, 1.807) is 0 Å². The molecule has 1 fully saturated rings. The minimum absolute atomic E-state index is 0.673. The molecule has 0 heterocycles. The van der Waals surface area contributed by atoms with Crippen molar-refractivity contribution in [2.75, 3.05) is 6.54 Å². The Morgan fingerprint density at radius 3 is 2.74 bits per heavy atom. The van der Waals surface area contributed by atoms with Gasteiger partial charge in [0.25, 0.3) is 0 Å². The second-order valence-electron chi connectivity index (χ2n) is 5.40. The zero-order valence-corrected chi connectivity index (χ0v) is 11.7. The number of hydrogen-bond acceptors (Lipinski definition) is 1. The SMILES string of the molecule is C=CCN[C@H]1CCCC[C@H]1C/C=C/c1ccccc1. The molecular formula is C18H25N. The van der Waals surface area contributed by atoms with Crippen LogP contribution in [0.3, 0.4) is 0 Å². The molecule has 0 spiro atoms. The molecule has 1 aromatic rings. The van der Waals surface area contributed by atoms with Crippen molar-refractivity contribution in [3.8, 4) is 0 Å². The van der Waals surface area contributed by atoms with Crippen molar-refractivity contribution >= 4 is 6.08 Å². The van der Waals surface area contributed by atoms with Crippen LogP contribution in [0.4, 0.5) is 0 Å². The number of rotatable bonds is 6. The molecule has 0 amide bonds. The molecule has 2 atom stereocenters. The van der Waals surface area contributed by atoms with Crippen LogP contribution in [0.25, 0.3) is 6.08 Å². The van der Waals surface area contributed by atoms with Crippen molar-refractivity contribution in [1.29, 1.82) is 0 Å². The van der Waals surface area contributed by atoms with E-state index in [2.05, 4.69) is 54.4 Å². The molecule has 1 aromatic carbocycles. The summed E-state index contributed by atoms with van der Waals surface area (Å²) >= 11 is 0. The molecule has 1 N–H and O–H groups in total. The Bertz CT molecular complexity index is 393. The van der Waals surface area contributed by atoms with Gasteiger partial charge in [0.05, 0.1) is 0 Å². The maximum absolute atomic E-state index is 3.80. The fraction of sp³-hybridized carbons (Fsp3) is 0.444. The predicted octanol–water partition coefficient (Wildman–Crippen LogP) is 4.42. The molecule has 1 nitrogen and oxygen atoms in total. The lowest BCUT2D eigenvalue weighted by Crippen LogP contribution is -2.38. The second-order valence-corrected chi connectivity index (χ2v) is 5.40. The fourth-order valence-electron chi connectivity index (χ4n) is 2.94. The maximum Gasteiger partial charge on any atom is 0.0134 e. The van der Waals surface area contributed by atoms with Crippen LogP contribution >= 0.6 is 0 Å². The van der Waals surface area contributed by atoms with Gasteiger partial charge in [0.15, 0.2) is 0 Å². The van der Waals surface area contributed by atoms with Crippen LogP contribution in [0, 0.1) is 5.92 Å². The van der Waals surface area contributed by atoms with Crippen LogP contribution in [0.1, 0.15) is 37.7 Å². The van der Waals surface area contributed by atoms with Crippen LogP contribution < -0.4 is 5.32 Å². The van der Waals surface area contributed by atoms with Gasteiger partial charge in [-0.05, 0) is 30.7 Å². The highest BCUT2D eigenvalue weighted by molar-refractivity contribution is 5.48. The zero-order chi connectivity index (χ0) is 13.3. The molecule has 0 aliphatic heterocycles. The third-order valence-corrected chi connectivity index (χ3v) is 3.98. The molecular weight excluding hydrogens is 230 g/mol. The van der Waals surface area contributed by atoms with Crippen LogP contribution in [0.2, 0.25) is 0 Å². The first kappa shape index (κ1) is 14.1. The van der Waals surface area contributed by atoms with E-state index in [9.17, 15) is 0 Å². The van der Waals surface area contributed by atoms with Gasteiger partial charge in [-0.25, -0.2) is 0 Å². The van der Waals surface area contributed by atoms with Gasteiger partial charge in [-0.15, -0.1) is 6.58 Å². The van der Waals surface area contributed by atoms with Crippen LogP contribution in [0.15, 0.2) is 49.1 Å². The van der Waals surface area contributed by atoms with Crippen molar-refractivity contribution in [3.05, 3.63) is 54.6 Å². The molecule has 19 heavy (non-hydrogen) atoms. The molecule has 0 aromatic heterocycles. The van der Waals surface area contributed by atoms with Crippen LogP contribution in [0.5, 0.6) is 0 Å². The summed E-state index contributed by atoms with van der Waals surface area (Å²) in [5.41, 5.74) is 1.30. The molecule has 1 aliphatic rings. The Morgan fingerprint density at radius 1 is 1.16 bits per heavy atom. The molecule has 1 heteroatoms. The average molecular weight is 255 g/mol. The van der Waals surface area contributed by atoms with E-state index in [0.29, 0.717) is 6.04 Å². The van der Waals surface area contributed by atoms with E-state index in [0.717, 1.165) is 12.5 Å². The summed E-state index contributed by atoms with van der Waals surface area (Å²) in [5.74, 6) is 0.786. The zero-order valence-electron chi connectivity index (χ0n) is 11.7. The number of nitrogens with one attached hydrogen (secondary N) is 1. The van der Waals surface area contributed by atoms with Crippen molar-refractivity contribution in [2.45, 2.75) is 38.1 Å².